The van der Waals surface area contributed by atoms with Gasteiger partial charge in [0.05, 0.1) is 16.8 Å². The number of thioether (sulfide) groups is 1. The first-order chi connectivity index (χ1) is 12.5. The van der Waals surface area contributed by atoms with Crippen LogP contribution < -0.4 is 21.5 Å². The number of ether oxygens (including phenoxy) is 1. The summed E-state index contributed by atoms with van der Waals surface area (Å²) in [5.74, 6) is 1.79. The Balaban J connectivity index is 1.55. The number of carbonyl (C=O) groups excluding carboxylic acids is 1. The largest absolute Gasteiger partial charge is 0.494 e. The van der Waals surface area contributed by atoms with Crippen LogP contribution in [-0.2, 0) is 4.79 Å². The second-order valence-electron chi connectivity index (χ2n) is 5.23. The molecule has 0 bridgehead atoms. The second kappa shape index (κ2) is 8.19. The van der Waals surface area contributed by atoms with E-state index in [0.717, 1.165) is 16.0 Å². The summed E-state index contributed by atoms with van der Waals surface area (Å²) in [6, 6.07) is 7.15. The highest BCUT2D eigenvalue weighted by Crippen LogP contribution is 2.29. The fraction of sp³-hybridized carbons (Fsp3) is 0.250. The van der Waals surface area contributed by atoms with E-state index in [1.54, 1.807) is 0 Å². The Morgan fingerprint density at radius 2 is 2.00 bits per heavy atom. The number of aromatic nitrogens is 3. The minimum Gasteiger partial charge on any atom is -0.494 e. The maximum absolute atomic E-state index is 12.1. The monoisotopic (exact) mass is 390 g/mol. The lowest BCUT2D eigenvalue weighted by Crippen LogP contribution is -2.12. The minimum absolute atomic E-state index is 0.126. The van der Waals surface area contributed by atoms with Crippen molar-refractivity contribution < 1.29 is 9.53 Å². The Labute approximate surface area is 158 Å². The number of nitrogen functional groups attached to an aromatic ring is 2. The minimum atomic E-state index is -0.126. The third-order valence-corrected chi connectivity index (χ3v) is 5.01. The van der Waals surface area contributed by atoms with Gasteiger partial charge in [-0.3, -0.25) is 4.79 Å². The number of thiazole rings is 1. The van der Waals surface area contributed by atoms with E-state index in [-0.39, 0.29) is 5.91 Å². The van der Waals surface area contributed by atoms with E-state index < -0.39 is 0 Å². The fourth-order valence-electron chi connectivity index (χ4n) is 2.16. The molecule has 5 N–H and O–H groups in total. The number of rotatable bonds is 7. The summed E-state index contributed by atoms with van der Waals surface area (Å²) < 4.78 is 6.44. The zero-order chi connectivity index (χ0) is 18.5. The van der Waals surface area contributed by atoms with Crippen LogP contribution in [0.5, 0.6) is 5.75 Å². The van der Waals surface area contributed by atoms with Crippen molar-refractivity contribution in [3.8, 4) is 5.75 Å². The predicted molar refractivity (Wildman–Crippen MR) is 106 cm³/mol. The van der Waals surface area contributed by atoms with Gasteiger partial charge in [0.15, 0.2) is 10.3 Å². The summed E-state index contributed by atoms with van der Waals surface area (Å²) >= 11 is 2.74. The number of hydrogen-bond acceptors (Lipinski definition) is 9. The molecule has 0 unspecified atom stereocenters. The Morgan fingerprint density at radius 3 is 2.73 bits per heavy atom. The summed E-state index contributed by atoms with van der Waals surface area (Å²) in [6.07, 6.45) is 0.294. The average molecular weight is 390 g/mol. The fourth-order valence-corrected chi connectivity index (χ4v) is 3.88. The van der Waals surface area contributed by atoms with Crippen LogP contribution in [-0.4, -0.2) is 33.2 Å². The van der Waals surface area contributed by atoms with Crippen LogP contribution in [0.1, 0.15) is 13.3 Å². The van der Waals surface area contributed by atoms with Gasteiger partial charge in [-0.2, -0.15) is 0 Å². The molecular formula is C16H18N6O2S2. The van der Waals surface area contributed by atoms with E-state index in [9.17, 15) is 4.79 Å². The molecule has 0 fully saturated rings. The van der Waals surface area contributed by atoms with Crippen molar-refractivity contribution in [1.82, 2.24) is 15.0 Å². The summed E-state index contributed by atoms with van der Waals surface area (Å²) in [5.41, 5.74) is 12.1. The topological polar surface area (TPSA) is 129 Å². The number of nitrogens with zero attached hydrogens (tertiary/aromatic N) is 3. The van der Waals surface area contributed by atoms with Crippen LogP contribution in [0.3, 0.4) is 0 Å². The highest BCUT2D eigenvalue weighted by atomic mass is 32.2. The SMILES string of the molecule is CCOc1ccc2nc(NC(=O)CCSc3nc(N)cc(N)n3)sc2c1. The van der Waals surface area contributed by atoms with Crippen molar-refractivity contribution in [2.75, 3.05) is 29.1 Å². The van der Waals surface area contributed by atoms with Crippen molar-refractivity contribution in [2.45, 2.75) is 18.5 Å². The van der Waals surface area contributed by atoms with Crippen LogP contribution in [0.2, 0.25) is 0 Å². The van der Waals surface area contributed by atoms with Gasteiger partial charge in [0.2, 0.25) is 5.91 Å². The molecule has 0 radical (unpaired) electrons. The van der Waals surface area contributed by atoms with Crippen molar-refractivity contribution in [3.63, 3.8) is 0 Å². The molecule has 3 rings (SSSR count). The quantitative estimate of drug-likeness (QED) is 0.415. The summed E-state index contributed by atoms with van der Waals surface area (Å²) in [7, 11) is 0. The maximum atomic E-state index is 12.1. The first-order valence-electron chi connectivity index (χ1n) is 7.89. The number of benzene rings is 1. The van der Waals surface area contributed by atoms with Gasteiger partial charge >= 0.3 is 0 Å². The third kappa shape index (κ3) is 4.73. The molecule has 136 valence electrons. The van der Waals surface area contributed by atoms with Crippen LogP contribution in [0.15, 0.2) is 29.4 Å². The number of fused-ring (bicyclic) bond motifs is 1. The number of nitrogens with one attached hydrogen (secondary N) is 1. The van der Waals surface area contributed by atoms with Crippen molar-refractivity contribution in [3.05, 3.63) is 24.3 Å². The van der Waals surface area contributed by atoms with Gasteiger partial charge in [-0.25, -0.2) is 15.0 Å². The van der Waals surface area contributed by atoms with E-state index in [0.29, 0.717) is 40.7 Å². The first kappa shape index (κ1) is 18.2. The van der Waals surface area contributed by atoms with E-state index in [1.165, 1.54) is 29.2 Å². The number of carbonyl (C=O) groups is 1. The predicted octanol–water partition coefficient (Wildman–Crippen LogP) is 2.77. The molecule has 0 aliphatic heterocycles. The van der Waals surface area contributed by atoms with E-state index in [4.69, 9.17) is 16.2 Å². The standard InChI is InChI=1S/C16H18N6O2S2/c1-2-24-9-3-4-10-11(7-9)26-16(19-10)22-14(23)5-6-25-15-20-12(17)8-13(18)21-15/h3-4,7-8H,2,5-6H2,1H3,(H,19,22,23)(H4,17,18,20,21). The van der Waals surface area contributed by atoms with Gasteiger partial charge in [0.25, 0.3) is 0 Å². The lowest BCUT2D eigenvalue weighted by Gasteiger charge is -2.03. The molecule has 0 saturated heterocycles. The number of anilines is 3. The second-order valence-corrected chi connectivity index (χ2v) is 7.32. The van der Waals surface area contributed by atoms with Crippen LogP contribution in [0.4, 0.5) is 16.8 Å². The van der Waals surface area contributed by atoms with Gasteiger partial charge in [-0.1, -0.05) is 23.1 Å². The molecule has 2 heterocycles. The molecule has 10 heteroatoms. The lowest BCUT2D eigenvalue weighted by atomic mass is 10.3. The van der Waals surface area contributed by atoms with Crippen LogP contribution in [0, 0.1) is 0 Å². The maximum Gasteiger partial charge on any atom is 0.226 e. The van der Waals surface area contributed by atoms with Crippen molar-refractivity contribution >= 4 is 56.0 Å². The Hall–Kier alpha value is -2.59. The molecule has 26 heavy (non-hydrogen) atoms. The zero-order valence-electron chi connectivity index (χ0n) is 14.1. The number of hydrogen-bond donors (Lipinski definition) is 3. The molecule has 0 aliphatic carbocycles. The molecular weight excluding hydrogens is 372 g/mol. The summed E-state index contributed by atoms with van der Waals surface area (Å²) in [5, 5.41) is 3.84. The summed E-state index contributed by atoms with van der Waals surface area (Å²) in [4.78, 5) is 24.6. The molecule has 0 spiro atoms. The molecule has 1 amide bonds. The highest BCUT2D eigenvalue weighted by molar-refractivity contribution is 7.99. The lowest BCUT2D eigenvalue weighted by molar-refractivity contribution is -0.115. The molecule has 3 aromatic rings. The molecule has 1 aromatic carbocycles. The zero-order valence-corrected chi connectivity index (χ0v) is 15.7. The van der Waals surface area contributed by atoms with E-state index >= 15 is 0 Å². The van der Waals surface area contributed by atoms with Crippen molar-refractivity contribution in [2.24, 2.45) is 0 Å². The van der Waals surface area contributed by atoms with Crippen LogP contribution >= 0.6 is 23.1 Å². The Kier molecular flexibility index (Phi) is 5.74. The molecule has 0 saturated carbocycles. The van der Waals surface area contributed by atoms with E-state index in [2.05, 4.69) is 20.3 Å². The van der Waals surface area contributed by atoms with Gasteiger partial charge in [-0.05, 0) is 25.1 Å². The Bertz CT molecular complexity index is 910. The molecule has 0 aliphatic rings. The first-order valence-corrected chi connectivity index (χ1v) is 9.70. The molecule has 8 nitrogen and oxygen atoms in total. The highest BCUT2D eigenvalue weighted by Gasteiger charge is 2.10. The van der Waals surface area contributed by atoms with Gasteiger partial charge in [-0.15, -0.1) is 0 Å². The normalized spacial score (nSPS) is 10.8. The van der Waals surface area contributed by atoms with Crippen molar-refractivity contribution in [1.29, 1.82) is 0 Å². The number of amides is 1. The van der Waals surface area contributed by atoms with Gasteiger partial charge < -0.3 is 21.5 Å². The Morgan fingerprint density at radius 1 is 1.23 bits per heavy atom. The van der Waals surface area contributed by atoms with Crippen LogP contribution in [0.25, 0.3) is 10.2 Å². The van der Waals surface area contributed by atoms with Gasteiger partial charge in [0.1, 0.15) is 17.4 Å². The average Bonchev–Trinajstić information content (AvgIpc) is 2.95. The smallest absolute Gasteiger partial charge is 0.226 e. The third-order valence-electron chi connectivity index (χ3n) is 3.22. The molecule has 0 atom stereocenters. The number of nitrogens with two attached hydrogens (primary N) is 2. The summed E-state index contributed by atoms with van der Waals surface area (Å²) in [6.45, 7) is 2.54. The van der Waals surface area contributed by atoms with E-state index in [1.807, 2.05) is 25.1 Å². The molecule has 2 aromatic heterocycles. The van der Waals surface area contributed by atoms with Gasteiger partial charge in [0, 0.05) is 18.2 Å².